The highest BCUT2D eigenvalue weighted by molar-refractivity contribution is 7.89. The summed E-state index contributed by atoms with van der Waals surface area (Å²) in [6, 6.07) is 10.9. The highest BCUT2D eigenvalue weighted by Crippen LogP contribution is 2.19. The molecule has 8 nitrogen and oxygen atoms in total. The number of nitrogens with one attached hydrogen (secondary N) is 1. The monoisotopic (exact) mass is 388 g/mol. The first-order valence-corrected chi connectivity index (χ1v) is 9.90. The highest BCUT2D eigenvalue weighted by atomic mass is 32.2. The molecule has 0 unspecified atom stereocenters. The van der Waals surface area contributed by atoms with Crippen molar-refractivity contribution in [3.8, 4) is 0 Å². The third-order valence-electron chi connectivity index (χ3n) is 4.34. The van der Waals surface area contributed by atoms with Gasteiger partial charge >= 0.3 is 0 Å². The predicted octanol–water partition coefficient (Wildman–Crippen LogP) is 1.19. The number of amides is 2. The molecule has 142 valence electrons. The molecule has 0 saturated carbocycles. The van der Waals surface area contributed by atoms with Gasteiger partial charge in [-0.1, -0.05) is 6.07 Å². The molecular formula is C18H20N4O4S. The summed E-state index contributed by atoms with van der Waals surface area (Å²) in [5.74, 6) is -0.00872. The summed E-state index contributed by atoms with van der Waals surface area (Å²) < 4.78 is 26.9. The van der Waals surface area contributed by atoms with E-state index in [1.54, 1.807) is 29.3 Å². The average Bonchev–Trinajstić information content (AvgIpc) is 2.69. The van der Waals surface area contributed by atoms with Crippen LogP contribution in [0.5, 0.6) is 0 Å². The van der Waals surface area contributed by atoms with E-state index < -0.39 is 10.0 Å². The van der Waals surface area contributed by atoms with E-state index >= 15 is 0 Å². The van der Waals surface area contributed by atoms with Crippen LogP contribution in [-0.4, -0.2) is 60.6 Å². The van der Waals surface area contributed by atoms with Crippen molar-refractivity contribution in [1.82, 2.24) is 14.2 Å². The van der Waals surface area contributed by atoms with Crippen molar-refractivity contribution in [3.05, 3.63) is 54.2 Å². The summed E-state index contributed by atoms with van der Waals surface area (Å²) in [5, 5.41) is 2.65. The van der Waals surface area contributed by atoms with Gasteiger partial charge in [-0.3, -0.25) is 9.59 Å². The van der Waals surface area contributed by atoms with Gasteiger partial charge in [0.1, 0.15) is 5.82 Å². The first-order valence-electron chi connectivity index (χ1n) is 8.46. The van der Waals surface area contributed by atoms with Gasteiger partial charge in [0.05, 0.1) is 4.90 Å². The third kappa shape index (κ3) is 4.32. The summed E-state index contributed by atoms with van der Waals surface area (Å²) in [4.78, 5) is 29.4. The highest BCUT2D eigenvalue weighted by Gasteiger charge is 2.29. The Kier molecular flexibility index (Phi) is 5.52. The zero-order valence-electron chi connectivity index (χ0n) is 14.8. The molecule has 0 bridgehead atoms. The van der Waals surface area contributed by atoms with Gasteiger partial charge in [0, 0.05) is 44.9 Å². The van der Waals surface area contributed by atoms with Gasteiger partial charge in [0.25, 0.3) is 5.91 Å². The van der Waals surface area contributed by atoms with E-state index in [4.69, 9.17) is 0 Å². The SMILES string of the molecule is CC(=O)N1CCN(S(=O)(=O)c2ccc(C(=O)Nc3ccccn3)cc2)CC1. The van der Waals surface area contributed by atoms with E-state index in [-0.39, 0.29) is 29.8 Å². The molecule has 2 amide bonds. The molecule has 0 spiro atoms. The van der Waals surface area contributed by atoms with Crippen LogP contribution in [0, 0.1) is 0 Å². The Morgan fingerprint density at radius 3 is 2.22 bits per heavy atom. The van der Waals surface area contributed by atoms with E-state index in [2.05, 4.69) is 10.3 Å². The van der Waals surface area contributed by atoms with Crippen LogP contribution in [-0.2, 0) is 14.8 Å². The summed E-state index contributed by atoms with van der Waals surface area (Å²) >= 11 is 0. The van der Waals surface area contributed by atoms with Gasteiger partial charge in [0.15, 0.2) is 0 Å². The number of piperazine rings is 1. The average molecular weight is 388 g/mol. The van der Waals surface area contributed by atoms with Crippen molar-refractivity contribution in [2.45, 2.75) is 11.8 Å². The molecule has 1 N–H and O–H groups in total. The molecule has 1 aromatic carbocycles. The first-order chi connectivity index (χ1) is 12.9. The standard InChI is InChI=1S/C18H20N4O4S/c1-14(23)21-10-12-22(13-11-21)27(25,26)16-7-5-15(6-8-16)18(24)20-17-4-2-3-9-19-17/h2-9H,10-13H2,1H3,(H,19,20,24). The maximum Gasteiger partial charge on any atom is 0.256 e. The van der Waals surface area contributed by atoms with E-state index in [0.29, 0.717) is 24.5 Å². The predicted molar refractivity (Wildman–Crippen MR) is 99.6 cm³/mol. The molecule has 0 radical (unpaired) electrons. The molecule has 1 fully saturated rings. The van der Waals surface area contributed by atoms with E-state index in [1.807, 2.05) is 0 Å². The topological polar surface area (TPSA) is 99.7 Å². The van der Waals surface area contributed by atoms with Crippen LogP contribution in [0.3, 0.4) is 0 Å². The normalized spacial score (nSPS) is 15.4. The van der Waals surface area contributed by atoms with Gasteiger partial charge in [-0.25, -0.2) is 13.4 Å². The third-order valence-corrected chi connectivity index (χ3v) is 6.26. The fourth-order valence-electron chi connectivity index (χ4n) is 2.80. The number of rotatable bonds is 4. The number of hydrogen-bond acceptors (Lipinski definition) is 5. The largest absolute Gasteiger partial charge is 0.340 e. The van der Waals surface area contributed by atoms with Crippen LogP contribution in [0.1, 0.15) is 17.3 Å². The summed E-state index contributed by atoms with van der Waals surface area (Å²) in [6.45, 7) is 2.73. The molecule has 1 aliphatic rings. The van der Waals surface area contributed by atoms with Crippen molar-refractivity contribution < 1.29 is 18.0 Å². The molecule has 27 heavy (non-hydrogen) atoms. The number of pyridine rings is 1. The minimum absolute atomic E-state index is 0.0599. The zero-order valence-corrected chi connectivity index (χ0v) is 15.6. The maximum atomic E-state index is 12.7. The lowest BCUT2D eigenvalue weighted by molar-refractivity contribution is -0.129. The van der Waals surface area contributed by atoms with Crippen molar-refractivity contribution in [1.29, 1.82) is 0 Å². The van der Waals surface area contributed by atoms with Crippen LogP contribution in [0.25, 0.3) is 0 Å². The van der Waals surface area contributed by atoms with Crippen molar-refractivity contribution in [3.63, 3.8) is 0 Å². The number of aromatic nitrogens is 1. The van der Waals surface area contributed by atoms with Crippen LogP contribution in [0.2, 0.25) is 0 Å². The lowest BCUT2D eigenvalue weighted by Crippen LogP contribution is -2.49. The number of anilines is 1. The minimum atomic E-state index is -3.66. The van der Waals surface area contributed by atoms with E-state index in [0.717, 1.165) is 0 Å². The summed E-state index contributed by atoms with van der Waals surface area (Å²) in [5.41, 5.74) is 0.334. The second-order valence-corrected chi connectivity index (χ2v) is 8.04. The summed E-state index contributed by atoms with van der Waals surface area (Å²) in [6.07, 6.45) is 1.57. The van der Waals surface area contributed by atoms with Crippen LogP contribution in [0.4, 0.5) is 5.82 Å². The molecule has 3 rings (SSSR count). The number of carbonyl (C=O) groups excluding carboxylic acids is 2. The van der Waals surface area contributed by atoms with Crippen LogP contribution < -0.4 is 5.32 Å². The van der Waals surface area contributed by atoms with Gasteiger partial charge in [-0.2, -0.15) is 4.31 Å². The number of sulfonamides is 1. The fraction of sp³-hybridized carbons (Fsp3) is 0.278. The van der Waals surface area contributed by atoms with Gasteiger partial charge in [-0.15, -0.1) is 0 Å². The van der Waals surface area contributed by atoms with Crippen LogP contribution in [0.15, 0.2) is 53.6 Å². The number of nitrogens with zero attached hydrogens (tertiary/aromatic N) is 3. The molecular weight excluding hydrogens is 368 g/mol. The number of hydrogen-bond donors (Lipinski definition) is 1. The molecule has 1 aromatic heterocycles. The van der Waals surface area contributed by atoms with Gasteiger partial charge in [-0.05, 0) is 36.4 Å². The van der Waals surface area contributed by atoms with Gasteiger partial charge in [0.2, 0.25) is 15.9 Å². The maximum absolute atomic E-state index is 12.7. The molecule has 0 atom stereocenters. The Hall–Kier alpha value is -2.78. The van der Waals surface area contributed by atoms with E-state index in [9.17, 15) is 18.0 Å². The van der Waals surface area contributed by atoms with Gasteiger partial charge < -0.3 is 10.2 Å². The summed E-state index contributed by atoms with van der Waals surface area (Å²) in [7, 11) is -3.66. The first kappa shape index (κ1) is 19.0. The zero-order chi connectivity index (χ0) is 19.4. The lowest BCUT2D eigenvalue weighted by Gasteiger charge is -2.33. The number of benzene rings is 1. The molecule has 1 aliphatic heterocycles. The molecule has 2 aromatic rings. The van der Waals surface area contributed by atoms with Crippen molar-refractivity contribution in [2.24, 2.45) is 0 Å². The molecule has 2 heterocycles. The smallest absolute Gasteiger partial charge is 0.256 e. The lowest BCUT2D eigenvalue weighted by atomic mass is 10.2. The second-order valence-electron chi connectivity index (χ2n) is 6.10. The van der Waals surface area contributed by atoms with E-state index in [1.165, 1.54) is 35.5 Å². The fourth-order valence-corrected chi connectivity index (χ4v) is 4.22. The van der Waals surface area contributed by atoms with Crippen molar-refractivity contribution >= 4 is 27.7 Å². The Morgan fingerprint density at radius 1 is 1.00 bits per heavy atom. The Labute approximate surface area is 157 Å². The second kappa shape index (κ2) is 7.85. The Bertz CT molecular complexity index is 922. The van der Waals surface area contributed by atoms with Crippen LogP contribution >= 0.6 is 0 Å². The molecule has 9 heteroatoms. The Balaban J connectivity index is 1.69. The van der Waals surface area contributed by atoms with Crippen molar-refractivity contribution in [2.75, 3.05) is 31.5 Å². The quantitative estimate of drug-likeness (QED) is 0.848. The minimum Gasteiger partial charge on any atom is -0.340 e. The molecule has 0 aliphatic carbocycles. The molecule has 1 saturated heterocycles. The number of carbonyl (C=O) groups is 2. The Morgan fingerprint density at radius 2 is 1.67 bits per heavy atom.